The van der Waals surface area contributed by atoms with Gasteiger partial charge in [0.15, 0.2) is 7.14 Å². The Bertz CT molecular complexity index is 2170. The summed E-state index contributed by atoms with van der Waals surface area (Å²) >= 11 is 0. The number of aromatic nitrogens is 4. The molecule has 0 aliphatic carbocycles. The van der Waals surface area contributed by atoms with Gasteiger partial charge in [0, 0.05) is 33.5 Å². The second-order valence-electron chi connectivity index (χ2n) is 10.3. The van der Waals surface area contributed by atoms with Crippen molar-refractivity contribution in [2.45, 2.75) is 13.3 Å². The topological polar surface area (TPSA) is 60.7 Å². The van der Waals surface area contributed by atoms with Crippen LogP contribution in [0.25, 0.3) is 50.3 Å². The molecule has 0 saturated carbocycles. The van der Waals surface area contributed by atoms with Gasteiger partial charge in [-0.3, -0.25) is 4.57 Å². The van der Waals surface area contributed by atoms with Gasteiger partial charge < -0.3 is 4.57 Å². The van der Waals surface area contributed by atoms with Crippen LogP contribution in [0.4, 0.5) is 0 Å². The molecule has 0 bridgehead atoms. The predicted molar refractivity (Wildman–Crippen MR) is 167 cm³/mol. The van der Waals surface area contributed by atoms with Gasteiger partial charge in [0.05, 0.1) is 39.1 Å². The van der Waals surface area contributed by atoms with E-state index in [4.69, 9.17) is 15.0 Å². The Kier molecular flexibility index (Phi) is 5.31. The maximum absolute atomic E-state index is 15.4. The van der Waals surface area contributed by atoms with Crippen molar-refractivity contribution in [3.8, 4) is 28.2 Å². The number of hydrogen-bond acceptors (Lipinski definition) is 4. The molecule has 8 rings (SSSR count). The number of imidazole rings is 1. The Morgan fingerprint density at radius 1 is 0.610 bits per heavy atom. The molecular formula is C35H25N4OP. The van der Waals surface area contributed by atoms with Crippen LogP contribution in [-0.2, 0) is 11.0 Å². The molecule has 0 spiro atoms. The van der Waals surface area contributed by atoms with Gasteiger partial charge in [0.1, 0.15) is 5.82 Å². The molecule has 2 aromatic heterocycles. The Morgan fingerprint density at radius 3 is 1.95 bits per heavy atom. The summed E-state index contributed by atoms with van der Waals surface area (Å²) in [6.07, 6.45) is 0.748. The van der Waals surface area contributed by atoms with E-state index in [0.29, 0.717) is 0 Å². The largest absolute Gasteiger partial charge is 0.308 e. The molecule has 1 atom stereocenters. The summed E-state index contributed by atoms with van der Waals surface area (Å²) in [6, 6.07) is 40.2. The molecule has 1 aliphatic rings. The van der Waals surface area contributed by atoms with Gasteiger partial charge in [0.2, 0.25) is 0 Å². The molecule has 0 amide bonds. The molecule has 1 unspecified atom stereocenters. The zero-order valence-corrected chi connectivity index (χ0v) is 23.3. The van der Waals surface area contributed by atoms with E-state index in [1.807, 2.05) is 103 Å². The highest BCUT2D eigenvalue weighted by molar-refractivity contribution is 7.86. The predicted octanol–water partition coefficient (Wildman–Crippen LogP) is 6.82. The molecule has 3 heterocycles. The normalized spacial score (nSPS) is 15.7. The van der Waals surface area contributed by atoms with Crippen LogP contribution in [0.1, 0.15) is 12.7 Å². The minimum absolute atomic E-state index is 0.748. The maximum Gasteiger partial charge on any atom is 0.175 e. The molecule has 0 N–H and O–H groups in total. The van der Waals surface area contributed by atoms with Crippen LogP contribution in [-0.4, -0.2) is 19.5 Å². The fourth-order valence-corrected chi connectivity index (χ4v) is 9.06. The fourth-order valence-electron chi connectivity index (χ4n) is 6.07. The van der Waals surface area contributed by atoms with Crippen molar-refractivity contribution in [1.82, 2.24) is 19.5 Å². The van der Waals surface area contributed by atoms with Crippen molar-refractivity contribution < 1.29 is 4.57 Å². The summed E-state index contributed by atoms with van der Waals surface area (Å²) in [5, 5.41) is 2.47. The maximum atomic E-state index is 15.4. The minimum Gasteiger partial charge on any atom is -0.308 e. The highest BCUT2D eigenvalue weighted by Crippen LogP contribution is 2.50. The van der Waals surface area contributed by atoms with Gasteiger partial charge >= 0.3 is 0 Å². The molecule has 7 aromatic rings. The number of para-hydroxylation sites is 3. The molecule has 41 heavy (non-hydrogen) atoms. The van der Waals surface area contributed by atoms with Crippen molar-refractivity contribution >= 4 is 45.1 Å². The van der Waals surface area contributed by atoms with Gasteiger partial charge in [-0.2, -0.15) is 0 Å². The van der Waals surface area contributed by atoms with E-state index in [0.717, 1.165) is 78.4 Å². The van der Waals surface area contributed by atoms with E-state index >= 15 is 4.57 Å². The monoisotopic (exact) mass is 548 g/mol. The molecule has 5 nitrogen and oxygen atoms in total. The third kappa shape index (κ3) is 3.49. The zero-order valence-electron chi connectivity index (χ0n) is 22.4. The molecule has 1 aliphatic heterocycles. The summed E-state index contributed by atoms with van der Waals surface area (Å²) in [7, 11) is -3.18. The summed E-state index contributed by atoms with van der Waals surface area (Å²) in [5.41, 5.74) is 7.89. The Balaban J connectivity index is 1.46. The summed E-state index contributed by atoms with van der Waals surface area (Å²) in [4.78, 5) is 15.2. The molecule has 5 aromatic carbocycles. The highest BCUT2D eigenvalue weighted by atomic mass is 31.2. The first-order valence-corrected chi connectivity index (χ1v) is 15.5. The van der Waals surface area contributed by atoms with Crippen molar-refractivity contribution in [2.24, 2.45) is 0 Å². The van der Waals surface area contributed by atoms with Crippen molar-refractivity contribution in [3.63, 3.8) is 0 Å². The summed E-state index contributed by atoms with van der Waals surface area (Å²) in [6.45, 7) is 2.11. The number of fused-ring (bicyclic) bond motifs is 3. The lowest BCUT2D eigenvalue weighted by Crippen LogP contribution is -2.33. The van der Waals surface area contributed by atoms with E-state index in [9.17, 15) is 0 Å². The minimum atomic E-state index is -3.18. The van der Waals surface area contributed by atoms with Crippen LogP contribution in [0, 0.1) is 0 Å². The molecule has 0 saturated heterocycles. The van der Waals surface area contributed by atoms with Crippen LogP contribution in [0.2, 0.25) is 0 Å². The average molecular weight is 549 g/mol. The number of nitrogens with zero attached hydrogens (tertiary/aromatic N) is 4. The van der Waals surface area contributed by atoms with Crippen LogP contribution >= 0.6 is 7.14 Å². The van der Waals surface area contributed by atoms with Gasteiger partial charge in [-0.1, -0.05) is 91.9 Å². The lowest BCUT2D eigenvalue weighted by molar-refractivity contribution is 0.592. The fraction of sp³-hybridized carbons (Fsp3) is 0.0571. The Morgan fingerprint density at radius 2 is 1.24 bits per heavy atom. The summed E-state index contributed by atoms with van der Waals surface area (Å²) < 4.78 is 17.6. The van der Waals surface area contributed by atoms with E-state index < -0.39 is 7.14 Å². The number of benzene rings is 5. The molecule has 0 radical (unpaired) electrons. The average Bonchev–Trinajstić information content (AvgIpc) is 3.43. The van der Waals surface area contributed by atoms with E-state index in [-0.39, 0.29) is 0 Å². The van der Waals surface area contributed by atoms with Crippen molar-refractivity contribution in [3.05, 3.63) is 127 Å². The van der Waals surface area contributed by atoms with Crippen molar-refractivity contribution in [2.75, 3.05) is 0 Å². The first-order valence-electron chi connectivity index (χ1n) is 13.8. The van der Waals surface area contributed by atoms with E-state index in [2.05, 4.69) is 29.7 Å². The molecule has 6 heteroatoms. The standard InChI is InChI=1S/C35H25N4OP/c1-2-32-36-28-18-11-19-31-35(28)39(32)29-22-24(20-21-30(29)41(31,40)25-14-7-4-8-15-25)34-33(23-12-5-3-6-13-23)37-26-16-9-10-17-27(26)38-34/h3-22H,2H2,1H3. The molecule has 0 fully saturated rings. The van der Waals surface area contributed by atoms with Crippen LogP contribution in [0.5, 0.6) is 0 Å². The second kappa shape index (κ2) is 9.09. The van der Waals surface area contributed by atoms with Gasteiger partial charge in [-0.05, 0) is 36.4 Å². The lowest BCUT2D eigenvalue weighted by Gasteiger charge is -2.29. The molecule has 196 valence electrons. The van der Waals surface area contributed by atoms with E-state index in [1.54, 1.807) is 0 Å². The lowest BCUT2D eigenvalue weighted by atomic mass is 10.0. The first kappa shape index (κ1) is 24.0. The second-order valence-corrected chi connectivity index (χ2v) is 13.0. The SMILES string of the molecule is CCc1nc2cccc3c2n1-c1cc(-c2nc4ccccc4nc2-c2ccccc2)ccc1P3(=O)c1ccccc1. The van der Waals surface area contributed by atoms with Crippen molar-refractivity contribution in [1.29, 1.82) is 0 Å². The third-order valence-electron chi connectivity index (χ3n) is 7.95. The number of aryl methyl sites for hydroxylation is 1. The van der Waals surface area contributed by atoms with Crippen LogP contribution < -0.4 is 15.9 Å². The first-order chi connectivity index (χ1) is 20.2. The number of rotatable bonds is 4. The number of hydrogen-bond donors (Lipinski definition) is 0. The quantitative estimate of drug-likeness (QED) is 0.227. The molecular weight excluding hydrogens is 523 g/mol. The third-order valence-corrected chi connectivity index (χ3v) is 11.1. The van der Waals surface area contributed by atoms with Crippen LogP contribution in [0.3, 0.4) is 0 Å². The van der Waals surface area contributed by atoms with Gasteiger partial charge in [-0.25, -0.2) is 15.0 Å². The van der Waals surface area contributed by atoms with Gasteiger partial charge in [0.25, 0.3) is 0 Å². The zero-order chi connectivity index (χ0) is 27.6. The summed E-state index contributed by atoms with van der Waals surface area (Å²) in [5.74, 6) is 0.943. The van der Waals surface area contributed by atoms with Gasteiger partial charge in [-0.15, -0.1) is 0 Å². The Hall–Kier alpha value is -4.86. The van der Waals surface area contributed by atoms with Crippen LogP contribution in [0.15, 0.2) is 121 Å². The smallest absolute Gasteiger partial charge is 0.175 e. The highest BCUT2D eigenvalue weighted by Gasteiger charge is 2.39. The van der Waals surface area contributed by atoms with E-state index in [1.165, 1.54) is 0 Å². The Labute approximate surface area is 237 Å².